The molecule has 1 aliphatic rings. The predicted molar refractivity (Wildman–Crippen MR) is 66.5 cm³/mol. The molecule has 0 saturated heterocycles. The Balaban J connectivity index is 1.99. The Bertz CT molecular complexity index is 378. The average molecular weight is 219 g/mol. The summed E-state index contributed by atoms with van der Waals surface area (Å²) in [7, 11) is 0. The minimum Gasteiger partial charge on any atom is -0.466 e. The van der Waals surface area contributed by atoms with E-state index < -0.39 is 0 Å². The van der Waals surface area contributed by atoms with Gasteiger partial charge in [-0.25, -0.2) is 0 Å². The lowest BCUT2D eigenvalue weighted by Crippen LogP contribution is -2.32. The Labute approximate surface area is 97.7 Å². The molecule has 88 valence electrons. The maximum absolute atomic E-state index is 5.57. The van der Waals surface area contributed by atoms with Crippen molar-refractivity contribution in [3.05, 3.63) is 35.3 Å². The van der Waals surface area contributed by atoms with Crippen LogP contribution in [0.15, 0.2) is 22.6 Å². The summed E-state index contributed by atoms with van der Waals surface area (Å²) in [6.45, 7) is 6.27. The molecule has 0 bridgehead atoms. The molecule has 2 nitrogen and oxygen atoms in total. The standard InChI is InChI=1S/C14H21NO/c1-10-9-14(12(3)16-10)11(2)15-13-7-5-4-6-8-13/h4-5,9,11,13,15H,6-8H2,1-3H3. The van der Waals surface area contributed by atoms with E-state index in [1.165, 1.54) is 18.4 Å². The lowest BCUT2D eigenvalue weighted by Gasteiger charge is -2.23. The summed E-state index contributed by atoms with van der Waals surface area (Å²) in [5, 5.41) is 3.68. The molecule has 0 radical (unpaired) electrons. The third kappa shape index (κ3) is 2.56. The van der Waals surface area contributed by atoms with Crippen molar-refractivity contribution in [2.24, 2.45) is 0 Å². The van der Waals surface area contributed by atoms with Crippen molar-refractivity contribution in [2.75, 3.05) is 0 Å². The molecule has 0 amide bonds. The molecule has 2 atom stereocenters. The molecule has 0 fully saturated rings. The van der Waals surface area contributed by atoms with E-state index in [1.54, 1.807) is 0 Å². The summed E-state index contributed by atoms with van der Waals surface area (Å²) < 4.78 is 5.57. The second-order valence-corrected chi connectivity index (χ2v) is 4.74. The van der Waals surface area contributed by atoms with Crippen molar-refractivity contribution in [1.29, 1.82) is 0 Å². The molecule has 1 N–H and O–H groups in total. The third-order valence-corrected chi connectivity index (χ3v) is 3.30. The Kier molecular flexibility index (Phi) is 3.49. The van der Waals surface area contributed by atoms with E-state index in [9.17, 15) is 0 Å². The summed E-state index contributed by atoms with van der Waals surface area (Å²) in [6.07, 6.45) is 8.15. The second-order valence-electron chi connectivity index (χ2n) is 4.74. The van der Waals surface area contributed by atoms with Crippen LogP contribution in [0, 0.1) is 13.8 Å². The van der Waals surface area contributed by atoms with E-state index in [1.807, 2.05) is 13.8 Å². The molecule has 2 heteroatoms. The smallest absolute Gasteiger partial charge is 0.105 e. The first kappa shape index (κ1) is 11.5. The number of rotatable bonds is 3. The summed E-state index contributed by atoms with van der Waals surface area (Å²) >= 11 is 0. The molecule has 0 saturated carbocycles. The average Bonchev–Trinajstić information content (AvgIpc) is 2.59. The molecular weight excluding hydrogens is 198 g/mol. The van der Waals surface area contributed by atoms with E-state index in [-0.39, 0.29) is 0 Å². The van der Waals surface area contributed by atoms with Gasteiger partial charge in [0.2, 0.25) is 0 Å². The number of aryl methyl sites for hydroxylation is 2. The number of allylic oxidation sites excluding steroid dienone is 1. The minimum absolute atomic E-state index is 0.383. The lowest BCUT2D eigenvalue weighted by atomic mass is 9.99. The highest BCUT2D eigenvalue weighted by Gasteiger charge is 2.17. The SMILES string of the molecule is Cc1cc(C(C)NC2CC=CCC2)c(C)o1. The van der Waals surface area contributed by atoms with Crippen LogP contribution in [-0.4, -0.2) is 6.04 Å². The van der Waals surface area contributed by atoms with Crippen LogP contribution in [0.3, 0.4) is 0 Å². The van der Waals surface area contributed by atoms with Crippen LogP contribution in [0.25, 0.3) is 0 Å². The molecule has 1 heterocycles. The van der Waals surface area contributed by atoms with Crippen molar-refractivity contribution < 1.29 is 4.42 Å². The van der Waals surface area contributed by atoms with E-state index in [0.717, 1.165) is 17.9 Å². The van der Waals surface area contributed by atoms with Gasteiger partial charge in [-0.15, -0.1) is 0 Å². The number of furan rings is 1. The van der Waals surface area contributed by atoms with Crippen molar-refractivity contribution in [1.82, 2.24) is 5.32 Å². The van der Waals surface area contributed by atoms with Gasteiger partial charge in [-0.1, -0.05) is 12.2 Å². The van der Waals surface area contributed by atoms with Gasteiger partial charge in [0, 0.05) is 17.6 Å². The highest BCUT2D eigenvalue weighted by molar-refractivity contribution is 5.23. The van der Waals surface area contributed by atoms with Gasteiger partial charge in [0.15, 0.2) is 0 Å². The maximum atomic E-state index is 5.57. The fraction of sp³-hybridized carbons (Fsp3) is 0.571. The topological polar surface area (TPSA) is 25.2 Å². The van der Waals surface area contributed by atoms with Gasteiger partial charge in [0.25, 0.3) is 0 Å². The largest absolute Gasteiger partial charge is 0.466 e. The van der Waals surface area contributed by atoms with Gasteiger partial charge < -0.3 is 9.73 Å². The van der Waals surface area contributed by atoms with Crippen molar-refractivity contribution in [3.63, 3.8) is 0 Å². The fourth-order valence-electron chi connectivity index (χ4n) is 2.47. The molecule has 1 aromatic heterocycles. The molecule has 2 unspecified atom stereocenters. The van der Waals surface area contributed by atoms with Gasteiger partial charge in [-0.3, -0.25) is 0 Å². The van der Waals surface area contributed by atoms with Crippen LogP contribution in [0.5, 0.6) is 0 Å². The second kappa shape index (κ2) is 4.88. The van der Waals surface area contributed by atoms with E-state index >= 15 is 0 Å². The summed E-state index contributed by atoms with van der Waals surface area (Å²) in [6, 6.07) is 3.15. The first-order chi connectivity index (χ1) is 7.66. The normalized spacial score (nSPS) is 22.3. The molecule has 1 aromatic rings. The fourth-order valence-corrected chi connectivity index (χ4v) is 2.47. The van der Waals surface area contributed by atoms with Crippen LogP contribution in [0.2, 0.25) is 0 Å². The predicted octanol–water partition coefficient (Wildman–Crippen LogP) is 3.66. The van der Waals surface area contributed by atoms with Gasteiger partial charge in [-0.2, -0.15) is 0 Å². The number of hydrogen-bond donors (Lipinski definition) is 1. The molecule has 0 aromatic carbocycles. The Morgan fingerprint density at radius 2 is 2.19 bits per heavy atom. The van der Waals surface area contributed by atoms with Crippen molar-refractivity contribution in [2.45, 2.75) is 52.1 Å². The first-order valence-corrected chi connectivity index (χ1v) is 6.15. The number of hydrogen-bond acceptors (Lipinski definition) is 2. The summed E-state index contributed by atoms with van der Waals surface area (Å²) in [5.74, 6) is 2.05. The molecule has 1 aliphatic carbocycles. The Hall–Kier alpha value is -1.02. The Morgan fingerprint density at radius 3 is 2.75 bits per heavy atom. The van der Waals surface area contributed by atoms with Crippen LogP contribution in [0.4, 0.5) is 0 Å². The third-order valence-electron chi connectivity index (χ3n) is 3.30. The Morgan fingerprint density at radius 1 is 1.38 bits per heavy atom. The summed E-state index contributed by atoms with van der Waals surface area (Å²) in [4.78, 5) is 0. The van der Waals surface area contributed by atoms with Gasteiger partial charge in [0.05, 0.1) is 0 Å². The zero-order valence-electron chi connectivity index (χ0n) is 10.4. The van der Waals surface area contributed by atoms with Gasteiger partial charge in [0.1, 0.15) is 11.5 Å². The molecule has 0 aliphatic heterocycles. The molecular formula is C14H21NO. The van der Waals surface area contributed by atoms with E-state index in [0.29, 0.717) is 12.1 Å². The van der Waals surface area contributed by atoms with Crippen LogP contribution in [-0.2, 0) is 0 Å². The zero-order valence-corrected chi connectivity index (χ0v) is 10.4. The first-order valence-electron chi connectivity index (χ1n) is 6.15. The highest BCUT2D eigenvalue weighted by Crippen LogP contribution is 2.23. The number of nitrogens with one attached hydrogen (secondary N) is 1. The molecule has 0 spiro atoms. The lowest BCUT2D eigenvalue weighted by molar-refractivity contribution is 0.419. The van der Waals surface area contributed by atoms with Crippen LogP contribution in [0.1, 0.15) is 49.3 Å². The van der Waals surface area contributed by atoms with Crippen molar-refractivity contribution >= 4 is 0 Å². The quantitative estimate of drug-likeness (QED) is 0.785. The van der Waals surface area contributed by atoms with Gasteiger partial charge in [-0.05, 0) is 46.1 Å². The molecule has 2 rings (SSSR count). The van der Waals surface area contributed by atoms with Crippen LogP contribution >= 0.6 is 0 Å². The minimum atomic E-state index is 0.383. The maximum Gasteiger partial charge on any atom is 0.105 e. The van der Waals surface area contributed by atoms with E-state index in [4.69, 9.17) is 4.42 Å². The molecule has 16 heavy (non-hydrogen) atoms. The van der Waals surface area contributed by atoms with Gasteiger partial charge >= 0.3 is 0 Å². The van der Waals surface area contributed by atoms with Crippen LogP contribution < -0.4 is 5.32 Å². The monoisotopic (exact) mass is 219 g/mol. The van der Waals surface area contributed by atoms with Crippen molar-refractivity contribution in [3.8, 4) is 0 Å². The zero-order chi connectivity index (χ0) is 11.5. The summed E-state index contributed by atoms with van der Waals surface area (Å²) in [5.41, 5.74) is 1.30. The van der Waals surface area contributed by atoms with E-state index in [2.05, 4.69) is 30.5 Å². The highest BCUT2D eigenvalue weighted by atomic mass is 16.3.